The number of fused-ring (bicyclic) bond motifs is 2. The maximum absolute atomic E-state index is 12.6. The highest BCUT2D eigenvalue weighted by molar-refractivity contribution is 7.86. The van der Waals surface area contributed by atoms with E-state index < -0.39 is 37.0 Å². The van der Waals surface area contributed by atoms with Crippen molar-refractivity contribution in [1.29, 1.82) is 0 Å². The van der Waals surface area contributed by atoms with Gasteiger partial charge in [0.25, 0.3) is 20.2 Å². The summed E-state index contributed by atoms with van der Waals surface area (Å²) in [5, 5.41) is 9.09. The fourth-order valence-corrected chi connectivity index (χ4v) is 7.98. The number of methoxy groups -OCH3 is 2. The number of nitrogens with zero attached hydrogens (tertiary/aromatic N) is 2. The Bertz CT molecular complexity index is 1880. The molecule has 0 aliphatic carbocycles. The summed E-state index contributed by atoms with van der Waals surface area (Å²) in [6, 6.07) is 9.59. The van der Waals surface area contributed by atoms with E-state index in [2.05, 4.69) is 9.48 Å². The average Bonchev–Trinajstić information content (AvgIpc) is 3.41. The molecule has 14 heteroatoms. The van der Waals surface area contributed by atoms with Gasteiger partial charge in [0.05, 0.1) is 22.3 Å². The second-order valence-electron chi connectivity index (χ2n) is 13.0. The lowest BCUT2D eigenvalue weighted by atomic mass is 9.78. The summed E-state index contributed by atoms with van der Waals surface area (Å²) in [5.74, 6) is -0.840. The van der Waals surface area contributed by atoms with Crippen LogP contribution in [0.15, 0.2) is 70.1 Å². The van der Waals surface area contributed by atoms with Gasteiger partial charge in [0.15, 0.2) is 12.3 Å². The van der Waals surface area contributed by atoms with Gasteiger partial charge in [-0.2, -0.15) is 21.4 Å². The smallest absolute Gasteiger partial charge is 0.303 e. The van der Waals surface area contributed by atoms with Gasteiger partial charge in [0.2, 0.25) is 5.69 Å². The Morgan fingerprint density at radius 3 is 2.22 bits per heavy atom. The molecule has 0 fully saturated rings. The summed E-state index contributed by atoms with van der Waals surface area (Å²) in [6.07, 6.45) is 8.48. The number of unbranched alkanes of at least 4 members (excludes halogenated alkanes) is 2. The number of carboxylic acids is 1. The first-order chi connectivity index (χ1) is 23.0. The first-order valence-corrected chi connectivity index (χ1v) is 19.0. The lowest BCUT2D eigenvalue weighted by molar-refractivity contribution is -0.441. The van der Waals surface area contributed by atoms with Crippen LogP contribution in [-0.2, 0) is 49.5 Å². The third-order valence-corrected chi connectivity index (χ3v) is 11.6. The summed E-state index contributed by atoms with van der Waals surface area (Å²) < 4.78 is 77.2. The van der Waals surface area contributed by atoms with Gasteiger partial charge in [-0.3, -0.25) is 13.5 Å². The van der Waals surface area contributed by atoms with E-state index in [9.17, 15) is 26.2 Å². The molecule has 2 aromatic rings. The van der Waals surface area contributed by atoms with Gasteiger partial charge in [0, 0.05) is 68.3 Å². The molecule has 0 radical (unpaired) electrons. The van der Waals surface area contributed by atoms with Gasteiger partial charge in [-0.15, -0.1) is 0 Å². The molecule has 0 saturated carbocycles. The SMILES string of the molecule is COCC[N+]1=C(C=CC=C2N(CCCCCC(=O)O)c3ccc(S(=O)(=O)O)cc3C2(C)CCOC)C(C)(C)c2cc(S(=O)(=O)OC)ccc21. The zero-order valence-electron chi connectivity index (χ0n) is 28.9. The van der Waals surface area contributed by atoms with Crippen LogP contribution in [0.5, 0.6) is 0 Å². The van der Waals surface area contributed by atoms with E-state index in [1.807, 2.05) is 39.0 Å². The van der Waals surface area contributed by atoms with Gasteiger partial charge in [-0.05, 0) is 82.0 Å². The lowest BCUT2D eigenvalue weighted by Gasteiger charge is -2.30. The molecular formula is C35H47N2O10S2+. The Balaban J connectivity index is 1.83. The molecule has 2 aliphatic heterocycles. The Kier molecular flexibility index (Phi) is 11.9. The Morgan fingerprint density at radius 1 is 0.918 bits per heavy atom. The summed E-state index contributed by atoms with van der Waals surface area (Å²) in [5.41, 5.74) is 3.76. The Hall–Kier alpha value is -3.40. The highest BCUT2D eigenvalue weighted by Gasteiger charge is 2.46. The first kappa shape index (κ1) is 38.4. The quantitative estimate of drug-likeness (QED) is 0.0959. The van der Waals surface area contributed by atoms with Crippen molar-refractivity contribution in [1.82, 2.24) is 0 Å². The normalized spacial score (nSPS) is 19.7. The van der Waals surface area contributed by atoms with Crippen LogP contribution in [-0.4, -0.2) is 90.4 Å². The number of anilines is 1. The zero-order valence-corrected chi connectivity index (χ0v) is 30.6. The molecular weight excluding hydrogens is 673 g/mol. The molecule has 1 unspecified atom stereocenters. The van der Waals surface area contributed by atoms with E-state index in [-0.39, 0.29) is 16.2 Å². The monoisotopic (exact) mass is 719 g/mol. The number of ether oxygens (including phenoxy) is 2. The number of benzene rings is 2. The Morgan fingerprint density at radius 2 is 1.59 bits per heavy atom. The molecule has 12 nitrogen and oxygen atoms in total. The van der Waals surface area contributed by atoms with Crippen LogP contribution in [0.4, 0.5) is 11.4 Å². The summed E-state index contributed by atoms with van der Waals surface area (Å²) in [6.45, 7) is 7.99. The van der Waals surface area contributed by atoms with Gasteiger partial charge >= 0.3 is 5.97 Å². The van der Waals surface area contributed by atoms with Crippen molar-refractivity contribution >= 4 is 43.3 Å². The molecule has 268 valence electrons. The minimum atomic E-state index is -4.46. The minimum absolute atomic E-state index is 0.0711. The van der Waals surface area contributed by atoms with Crippen molar-refractivity contribution in [3.05, 3.63) is 71.5 Å². The maximum Gasteiger partial charge on any atom is 0.303 e. The molecule has 2 N–H and O–H groups in total. The number of allylic oxidation sites excluding steroid dienone is 4. The minimum Gasteiger partial charge on any atom is -0.481 e. The summed E-state index contributed by atoms with van der Waals surface area (Å²) >= 11 is 0. The van der Waals surface area contributed by atoms with Crippen LogP contribution in [0.25, 0.3) is 0 Å². The molecule has 2 aliphatic rings. The van der Waals surface area contributed by atoms with Gasteiger partial charge < -0.3 is 19.5 Å². The number of hydrogen-bond donors (Lipinski definition) is 2. The van der Waals surface area contributed by atoms with Crippen LogP contribution in [0.2, 0.25) is 0 Å². The fraction of sp³-hybridized carbons (Fsp3) is 0.486. The molecule has 0 spiro atoms. The number of rotatable bonds is 17. The number of hydrogen-bond acceptors (Lipinski definition) is 9. The number of carbonyl (C=O) groups is 1. The van der Waals surface area contributed by atoms with Gasteiger partial charge in [0.1, 0.15) is 6.61 Å². The maximum atomic E-state index is 12.6. The van der Waals surface area contributed by atoms with Crippen LogP contribution in [0, 0.1) is 0 Å². The highest BCUT2D eigenvalue weighted by atomic mass is 32.2. The van der Waals surface area contributed by atoms with Crippen molar-refractivity contribution in [2.75, 3.05) is 52.5 Å². The second-order valence-corrected chi connectivity index (χ2v) is 16.1. The Labute approximate surface area is 289 Å². The average molecular weight is 720 g/mol. The van der Waals surface area contributed by atoms with Gasteiger partial charge in [-0.25, -0.2) is 0 Å². The molecule has 0 bridgehead atoms. The first-order valence-electron chi connectivity index (χ1n) is 16.1. The topological polar surface area (TPSA) is 160 Å². The molecule has 2 aromatic carbocycles. The molecule has 4 rings (SSSR count). The van der Waals surface area contributed by atoms with Crippen molar-refractivity contribution in [3.8, 4) is 0 Å². The van der Waals surface area contributed by atoms with Crippen LogP contribution >= 0.6 is 0 Å². The van der Waals surface area contributed by atoms with Crippen molar-refractivity contribution in [3.63, 3.8) is 0 Å². The highest BCUT2D eigenvalue weighted by Crippen LogP contribution is 2.51. The lowest BCUT2D eigenvalue weighted by Crippen LogP contribution is -2.30. The third kappa shape index (κ3) is 8.00. The van der Waals surface area contributed by atoms with Gasteiger partial charge in [-0.1, -0.05) is 12.5 Å². The van der Waals surface area contributed by atoms with E-state index in [0.29, 0.717) is 52.0 Å². The molecule has 2 heterocycles. The predicted molar refractivity (Wildman–Crippen MR) is 186 cm³/mol. The largest absolute Gasteiger partial charge is 0.481 e. The van der Waals surface area contributed by atoms with E-state index in [4.69, 9.17) is 18.8 Å². The second kappa shape index (κ2) is 15.2. The zero-order chi connectivity index (χ0) is 36.2. The van der Waals surface area contributed by atoms with Crippen LogP contribution in [0.3, 0.4) is 0 Å². The molecule has 0 aromatic heterocycles. The van der Waals surface area contributed by atoms with Crippen molar-refractivity contribution < 1.29 is 49.5 Å². The number of aliphatic carboxylic acids is 1. The van der Waals surface area contributed by atoms with Crippen molar-refractivity contribution in [2.24, 2.45) is 0 Å². The third-order valence-electron chi connectivity index (χ3n) is 9.48. The predicted octanol–water partition coefficient (Wildman–Crippen LogP) is 5.19. The van der Waals surface area contributed by atoms with Crippen LogP contribution < -0.4 is 4.90 Å². The molecule has 0 saturated heterocycles. The summed E-state index contributed by atoms with van der Waals surface area (Å²) in [7, 11) is -4.01. The van der Waals surface area contributed by atoms with E-state index in [1.54, 1.807) is 32.4 Å². The standard InChI is InChI=1S/C35H46N2O10S2/c1-34(2)27-24-26(49(43,44)47-6)15-17-29(27)37(20-22-46-5)31(34)11-10-12-32-35(3,18-21-45-4)28-23-25(48(40,41)42)14-16-30(28)36(32)19-9-7-8-13-33(38)39/h10-12,14-17,23-24H,7-9,13,18-22H2,1-6H3,(H-,38,39,40,41,42)/p+1. The molecule has 49 heavy (non-hydrogen) atoms. The fourth-order valence-electron chi connectivity index (χ4n) is 6.79. The number of carboxylic acid groups (broad SMARTS) is 1. The van der Waals surface area contributed by atoms with E-state index >= 15 is 0 Å². The van der Waals surface area contributed by atoms with E-state index in [0.717, 1.165) is 41.0 Å². The summed E-state index contributed by atoms with van der Waals surface area (Å²) in [4.78, 5) is 13.1. The molecule has 1 atom stereocenters. The van der Waals surface area contributed by atoms with Crippen LogP contribution in [0.1, 0.15) is 64.0 Å². The van der Waals surface area contributed by atoms with E-state index in [1.165, 1.54) is 18.2 Å². The molecule has 0 amide bonds. The van der Waals surface area contributed by atoms with Crippen molar-refractivity contribution in [2.45, 2.75) is 73.5 Å².